The van der Waals surface area contributed by atoms with E-state index in [4.69, 9.17) is 4.74 Å². The Morgan fingerprint density at radius 2 is 1.55 bits per heavy atom. The smallest absolute Gasteiger partial charge is 0.344 e. The molecular formula is C17H11BrO2. The average Bonchev–Trinajstić information content (AvgIpc) is 2.47. The topological polar surface area (TPSA) is 26.3 Å². The standard InChI is InChI=1S/C17H11BrO2/c18-16-8-4-3-7-15(16)17(19)20-14-10-9-12-5-1-2-6-13(12)11-14/h1-11H. The molecule has 0 spiro atoms. The normalized spacial score (nSPS) is 10.4. The molecule has 0 fully saturated rings. The van der Waals surface area contributed by atoms with Crippen LogP contribution in [0.5, 0.6) is 5.75 Å². The lowest BCUT2D eigenvalue weighted by Crippen LogP contribution is -2.09. The molecular weight excluding hydrogens is 316 g/mol. The molecule has 20 heavy (non-hydrogen) atoms. The molecule has 0 unspecified atom stereocenters. The molecule has 0 saturated carbocycles. The fourth-order valence-corrected chi connectivity index (χ4v) is 2.47. The highest BCUT2D eigenvalue weighted by molar-refractivity contribution is 9.10. The molecule has 3 rings (SSSR count). The van der Waals surface area contributed by atoms with Gasteiger partial charge in [0.15, 0.2) is 0 Å². The highest BCUT2D eigenvalue weighted by Crippen LogP contribution is 2.23. The highest BCUT2D eigenvalue weighted by Gasteiger charge is 2.11. The van der Waals surface area contributed by atoms with Crippen LogP contribution >= 0.6 is 15.9 Å². The zero-order chi connectivity index (χ0) is 13.9. The maximum absolute atomic E-state index is 12.1. The van der Waals surface area contributed by atoms with Gasteiger partial charge in [0.05, 0.1) is 5.56 Å². The van der Waals surface area contributed by atoms with Gasteiger partial charge in [-0.15, -0.1) is 0 Å². The minimum atomic E-state index is -0.368. The van der Waals surface area contributed by atoms with Crippen LogP contribution < -0.4 is 4.74 Å². The van der Waals surface area contributed by atoms with Gasteiger partial charge >= 0.3 is 5.97 Å². The monoisotopic (exact) mass is 326 g/mol. The van der Waals surface area contributed by atoms with E-state index in [1.165, 1.54) is 0 Å². The summed E-state index contributed by atoms with van der Waals surface area (Å²) < 4.78 is 6.15. The third-order valence-corrected chi connectivity index (χ3v) is 3.72. The van der Waals surface area contributed by atoms with Crippen LogP contribution in [-0.2, 0) is 0 Å². The van der Waals surface area contributed by atoms with Gasteiger partial charge in [0.25, 0.3) is 0 Å². The maximum atomic E-state index is 12.1. The molecule has 0 aliphatic heterocycles. The van der Waals surface area contributed by atoms with Crippen molar-refractivity contribution < 1.29 is 9.53 Å². The SMILES string of the molecule is O=C(Oc1ccc2ccccc2c1)c1ccccc1Br. The third kappa shape index (κ3) is 2.58. The summed E-state index contributed by atoms with van der Waals surface area (Å²) in [7, 11) is 0. The Kier molecular flexibility index (Phi) is 3.52. The summed E-state index contributed by atoms with van der Waals surface area (Å²) in [5.41, 5.74) is 0.514. The number of hydrogen-bond acceptors (Lipinski definition) is 2. The Bertz CT molecular complexity index is 781. The molecule has 0 bridgehead atoms. The van der Waals surface area contributed by atoms with E-state index < -0.39 is 0 Å². The molecule has 0 radical (unpaired) electrons. The number of ether oxygens (including phenoxy) is 1. The Balaban J connectivity index is 1.89. The number of carbonyl (C=O) groups excluding carboxylic acids is 1. The van der Waals surface area contributed by atoms with Gasteiger partial charge < -0.3 is 4.74 Å². The van der Waals surface area contributed by atoms with Gasteiger partial charge in [-0.25, -0.2) is 4.79 Å². The predicted molar refractivity (Wildman–Crippen MR) is 83.0 cm³/mol. The summed E-state index contributed by atoms with van der Waals surface area (Å²) in [6.45, 7) is 0. The van der Waals surface area contributed by atoms with Crippen LogP contribution in [0, 0.1) is 0 Å². The Hall–Kier alpha value is -2.13. The fourth-order valence-electron chi connectivity index (χ4n) is 2.02. The molecule has 3 aromatic carbocycles. The average molecular weight is 327 g/mol. The van der Waals surface area contributed by atoms with Crippen LogP contribution in [0.1, 0.15) is 10.4 Å². The van der Waals surface area contributed by atoms with E-state index in [1.807, 2.05) is 54.6 Å². The number of fused-ring (bicyclic) bond motifs is 1. The summed E-state index contributed by atoms with van der Waals surface area (Å²) >= 11 is 3.35. The van der Waals surface area contributed by atoms with E-state index in [-0.39, 0.29) is 5.97 Å². The summed E-state index contributed by atoms with van der Waals surface area (Å²) in [5.74, 6) is 0.178. The molecule has 0 aliphatic carbocycles. The fraction of sp³-hybridized carbons (Fsp3) is 0. The molecule has 2 nitrogen and oxygen atoms in total. The molecule has 0 heterocycles. The third-order valence-electron chi connectivity index (χ3n) is 3.03. The molecule has 3 aromatic rings. The Morgan fingerprint density at radius 1 is 0.850 bits per heavy atom. The van der Waals surface area contributed by atoms with Gasteiger partial charge in [0.2, 0.25) is 0 Å². The summed E-state index contributed by atoms with van der Waals surface area (Å²) in [6.07, 6.45) is 0. The van der Waals surface area contributed by atoms with Crippen molar-refractivity contribution in [2.45, 2.75) is 0 Å². The second-order valence-electron chi connectivity index (χ2n) is 4.38. The van der Waals surface area contributed by atoms with Crippen LogP contribution in [0.15, 0.2) is 71.2 Å². The van der Waals surface area contributed by atoms with E-state index >= 15 is 0 Å². The minimum absolute atomic E-state index is 0.368. The van der Waals surface area contributed by atoms with Crippen LogP contribution in [0.3, 0.4) is 0 Å². The van der Waals surface area contributed by atoms with Crippen molar-refractivity contribution >= 4 is 32.7 Å². The van der Waals surface area contributed by atoms with Crippen LogP contribution in [0.4, 0.5) is 0 Å². The van der Waals surface area contributed by atoms with Crippen molar-refractivity contribution in [3.8, 4) is 5.75 Å². The molecule has 0 saturated heterocycles. The van der Waals surface area contributed by atoms with E-state index in [1.54, 1.807) is 12.1 Å². The lowest BCUT2D eigenvalue weighted by atomic mass is 10.1. The van der Waals surface area contributed by atoms with Gasteiger partial charge in [-0.2, -0.15) is 0 Å². The Labute approximate surface area is 125 Å². The second-order valence-corrected chi connectivity index (χ2v) is 5.23. The van der Waals surface area contributed by atoms with Crippen LogP contribution in [0.25, 0.3) is 10.8 Å². The molecule has 0 atom stereocenters. The van der Waals surface area contributed by atoms with Crippen molar-refractivity contribution in [3.63, 3.8) is 0 Å². The van der Waals surface area contributed by atoms with E-state index in [0.29, 0.717) is 11.3 Å². The quantitative estimate of drug-likeness (QED) is 0.498. The summed E-state index contributed by atoms with van der Waals surface area (Å²) in [6, 6.07) is 20.8. The van der Waals surface area contributed by atoms with E-state index in [9.17, 15) is 4.79 Å². The molecule has 0 aromatic heterocycles. The molecule has 0 N–H and O–H groups in total. The lowest BCUT2D eigenvalue weighted by Gasteiger charge is -2.07. The van der Waals surface area contributed by atoms with Crippen molar-refractivity contribution in [1.82, 2.24) is 0 Å². The molecule has 0 aliphatic rings. The largest absolute Gasteiger partial charge is 0.423 e. The number of halogens is 1. The number of esters is 1. The van der Waals surface area contributed by atoms with E-state index in [0.717, 1.165) is 15.2 Å². The summed E-state index contributed by atoms with van der Waals surface area (Å²) in [5, 5.41) is 2.16. The molecule has 3 heteroatoms. The van der Waals surface area contributed by atoms with Gasteiger partial charge in [-0.3, -0.25) is 0 Å². The maximum Gasteiger partial charge on any atom is 0.344 e. The number of hydrogen-bond donors (Lipinski definition) is 0. The van der Waals surface area contributed by atoms with Gasteiger partial charge in [0, 0.05) is 4.47 Å². The lowest BCUT2D eigenvalue weighted by molar-refractivity contribution is 0.0734. The second kappa shape index (κ2) is 5.47. The van der Waals surface area contributed by atoms with Crippen molar-refractivity contribution in [3.05, 3.63) is 76.8 Å². The number of rotatable bonds is 2. The Morgan fingerprint density at radius 3 is 2.35 bits per heavy atom. The van der Waals surface area contributed by atoms with Gasteiger partial charge in [-0.1, -0.05) is 42.5 Å². The minimum Gasteiger partial charge on any atom is -0.423 e. The van der Waals surface area contributed by atoms with Crippen LogP contribution in [0.2, 0.25) is 0 Å². The van der Waals surface area contributed by atoms with Crippen molar-refractivity contribution in [2.24, 2.45) is 0 Å². The van der Waals surface area contributed by atoms with Gasteiger partial charge in [-0.05, 0) is 51.0 Å². The van der Waals surface area contributed by atoms with Crippen LogP contribution in [-0.4, -0.2) is 5.97 Å². The zero-order valence-electron chi connectivity index (χ0n) is 10.5. The molecule has 98 valence electrons. The summed E-state index contributed by atoms with van der Waals surface area (Å²) in [4.78, 5) is 12.1. The first-order chi connectivity index (χ1) is 9.74. The van der Waals surface area contributed by atoms with Crippen molar-refractivity contribution in [2.75, 3.05) is 0 Å². The van der Waals surface area contributed by atoms with Crippen molar-refractivity contribution in [1.29, 1.82) is 0 Å². The first-order valence-corrected chi connectivity index (χ1v) is 6.99. The molecule has 0 amide bonds. The van der Waals surface area contributed by atoms with Gasteiger partial charge in [0.1, 0.15) is 5.75 Å². The number of carbonyl (C=O) groups is 1. The predicted octanol–water partition coefficient (Wildman–Crippen LogP) is 4.82. The zero-order valence-corrected chi connectivity index (χ0v) is 12.1. The van der Waals surface area contributed by atoms with E-state index in [2.05, 4.69) is 15.9 Å². The first kappa shape index (κ1) is 12.9. The highest BCUT2D eigenvalue weighted by atomic mass is 79.9. The number of benzene rings is 3. The first-order valence-electron chi connectivity index (χ1n) is 6.19.